The van der Waals surface area contributed by atoms with Crippen LogP contribution in [0.2, 0.25) is 0 Å². The smallest absolute Gasteiger partial charge is 0.416 e. The second-order valence-corrected chi connectivity index (χ2v) is 7.54. The molecule has 11 heteroatoms. The first-order chi connectivity index (χ1) is 15.2. The zero-order valence-electron chi connectivity index (χ0n) is 15.9. The number of carbonyl (C=O) groups excluding carboxylic acids is 1. The number of carbonyl (C=O) groups is 1. The van der Waals surface area contributed by atoms with Gasteiger partial charge >= 0.3 is 6.18 Å². The monoisotopic (exact) mass is 459 g/mol. The van der Waals surface area contributed by atoms with Gasteiger partial charge in [0, 0.05) is 12.1 Å². The molecular formula is C21H12F3N3O4S. The number of amides is 1. The van der Waals surface area contributed by atoms with E-state index in [9.17, 15) is 28.1 Å². The molecule has 1 aromatic heterocycles. The average molecular weight is 459 g/mol. The van der Waals surface area contributed by atoms with E-state index in [1.165, 1.54) is 30.3 Å². The van der Waals surface area contributed by atoms with E-state index >= 15 is 0 Å². The quantitative estimate of drug-likeness (QED) is 0.304. The standard InChI is InChI=1S/C21H12F3N3O4S/c22-21(23,24)12-4-3-5-13(10-12)25-20-26-19(28)18(32-20)11-14-8-9-17(31-14)15-6-1-2-7-16(15)27(29)30/h1-11H,(H,25,26,28). The Kier molecular flexibility index (Phi) is 5.57. The number of para-hydroxylation sites is 1. The van der Waals surface area contributed by atoms with Gasteiger partial charge in [-0.05, 0) is 48.2 Å². The Hall–Kier alpha value is -3.86. The lowest BCUT2D eigenvalue weighted by molar-refractivity contribution is -0.384. The van der Waals surface area contributed by atoms with Gasteiger partial charge in [0.1, 0.15) is 11.5 Å². The Bertz CT molecular complexity index is 1280. The molecule has 0 spiro atoms. The van der Waals surface area contributed by atoms with Crippen LogP contribution in [0.15, 0.2) is 75.0 Å². The maximum Gasteiger partial charge on any atom is 0.416 e. The minimum Gasteiger partial charge on any atom is -0.456 e. The summed E-state index contributed by atoms with van der Waals surface area (Å²) in [5.74, 6) is 0.0332. The summed E-state index contributed by atoms with van der Waals surface area (Å²) in [5, 5.41) is 13.8. The first kappa shape index (κ1) is 21.4. The Morgan fingerprint density at radius 2 is 1.88 bits per heavy atom. The van der Waals surface area contributed by atoms with Crippen molar-refractivity contribution >= 4 is 40.3 Å². The molecule has 162 valence electrons. The van der Waals surface area contributed by atoms with Crippen molar-refractivity contribution in [2.75, 3.05) is 0 Å². The number of nitrogens with zero attached hydrogens (tertiary/aromatic N) is 2. The van der Waals surface area contributed by atoms with Crippen LogP contribution >= 0.6 is 11.8 Å². The van der Waals surface area contributed by atoms with Crippen LogP contribution in [0.4, 0.5) is 24.5 Å². The van der Waals surface area contributed by atoms with Gasteiger partial charge in [-0.1, -0.05) is 18.2 Å². The van der Waals surface area contributed by atoms with E-state index in [1.54, 1.807) is 24.3 Å². The molecule has 2 heterocycles. The number of thioether (sulfide) groups is 1. The van der Waals surface area contributed by atoms with Crippen LogP contribution < -0.4 is 5.32 Å². The predicted molar refractivity (Wildman–Crippen MR) is 113 cm³/mol. The maximum atomic E-state index is 12.9. The van der Waals surface area contributed by atoms with E-state index in [2.05, 4.69) is 10.3 Å². The topological polar surface area (TPSA) is 97.7 Å². The van der Waals surface area contributed by atoms with Gasteiger partial charge in [0.2, 0.25) is 0 Å². The number of rotatable bonds is 4. The molecule has 0 aliphatic carbocycles. The molecule has 0 unspecified atom stereocenters. The summed E-state index contributed by atoms with van der Waals surface area (Å²) in [4.78, 5) is 27.2. The van der Waals surface area contributed by atoms with E-state index in [1.807, 2.05) is 0 Å². The number of hydrogen-bond donors (Lipinski definition) is 1. The molecule has 4 rings (SSSR count). The summed E-state index contributed by atoms with van der Waals surface area (Å²) >= 11 is 0.936. The van der Waals surface area contributed by atoms with Crippen molar-refractivity contribution in [1.29, 1.82) is 0 Å². The Morgan fingerprint density at radius 3 is 2.62 bits per heavy atom. The lowest BCUT2D eigenvalue weighted by atomic mass is 10.1. The van der Waals surface area contributed by atoms with Gasteiger partial charge in [-0.25, -0.2) is 4.99 Å². The van der Waals surface area contributed by atoms with Crippen molar-refractivity contribution < 1.29 is 27.3 Å². The fraction of sp³-hybridized carbons (Fsp3) is 0.0476. The van der Waals surface area contributed by atoms with Crippen molar-refractivity contribution in [2.24, 2.45) is 4.99 Å². The molecule has 0 atom stereocenters. The SMILES string of the molecule is O=C1NC(=Nc2cccc(C(F)(F)F)c2)SC1=Cc1ccc(-c2ccccc2[N+](=O)[O-])o1. The van der Waals surface area contributed by atoms with Gasteiger partial charge in [-0.2, -0.15) is 13.2 Å². The molecule has 0 radical (unpaired) electrons. The van der Waals surface area contributed by atoms with Crippen LogP contribution in [0, 0.1) is 10.1 Å². The summed E-state index contributed by atoms with van der Waals surface area (Å²) in [7, 11) is 0. The fourth-order valence-electron chi connectivity index (χ4n) is 2.90. The lowest BCUT2D eigenvalue weighted by Crippen LogP contribution is -2.19. The lowest BCUT2D eigenvalue weighted by Gasteiger charge is -2.06. The number of alkyl halides is 3. The highest BCUT2D eigenvalue weighted by atomic mass is 32.2. The Labute approximate surface area is 182 Å². The summed E-state index contributed by atoms with van der Waals surface area (Å²) in [6.45, 7) is 0. The van der Waals surface area contributed by atoms with Gasteiger partial charge in [-0.3, -0.25) is 14.9 Å². The predicted octanol–water partition coefficient (Wildman–Crippen LogP) is 5.77. The largest absolute Gasteiger partial charge is 0.456 e. The number of nitrogens with one attached hydrogen (secondary N) is 1. The van der Waals surface area contributed by atoms with Gasteiger partial charge in [0.05, 0.1) is 26.6 Å². The van der Waals surface area contributed by atoms with E-state index in [4.69, 9.17) is 4.42 Å². The second kappa shape index (κ2) is 8.35. The third kappa shape index (κ3) is 4.57. The van der Waals surface area contributed by atoms with E-state index in [0.29, 0.717) is 0 Å². The third-order valence-electron chi connectivity index (χ3n) is 4.32. The molecule has 32 heavy (non-hydrogen) atoms. The molecule has 0 bridgehead atoms. The highest BCUT2D eigenvalue weighted by Crippen LogP contribution is 2.34. The molecule has 1 amide bonds. The molecule has 1 N–H and O–H groups in total. The summed E-state index contributed by atoms with van der Waals surface area (Å²) in [6.07, 6.45) is -3.08. The van der Waals surface area contributed by atoms with Crippen LogP contribution in [0.25, 0.3) is 17.4 Å². The van der Waals surface area contributed by atoms with Gasteiger partial charge in [-0.15, -0.1) is 0 Å². The minimum atomic E-state index is -4.50. The first-order valence-corrected chi connectivity index (χ1v) is 9.83. The molecule has 1 fully saturated rings. The zero-order valence-corrected chi connectivity index (χ0v) is 16.7. The minimum absolute atomic E-state index is 0.0422. The summed E-state index contributed by atoms with van der Waals surface area (Å²) < 4.78 is 44.2. The van der Waals surface area contributed by atoms with Crippen molar-refractivity contribution in [2.45, 2.75) is 6.18 Å². The molecule has 1 aliphatic heterocycles. The molecule has 1 saturated heterocycles. The maximum absolute atomic E-state index is 12.9. The van der Waals surface area contributed by atoms with E-state index in [-0.39, 0.29) is 38.5 Å². The van der Waals surface area contributed by atoms with E-state index in [0.717, 1.165) is 23.9 Å². The molecule has 1 aliphatic rings. The highest BCUT2D eigenvalue weighted by Gasteiger charge is 2.31. The van der Waals surface area contributed by atoms with Crippen molar-refractivity contribution in [3.8, 4) is 11.3 Å². The number of furan rings is 1. The van der Waals surface area contributed by atoms with Gasteiger partial charge in [0.25, 0.3) is 11.6 Å². The molecule has 0 saturated carbocycles. The normalized spacial score (nSPS) is 16.5. The van der Waals surface area contributed by atoms with Crippen LogP contribution in [0.5, 0.6) is 0 Å². The highest BCUT2D eigenvalue weighted by molar-refractivity contribution is 8.18. The first-order valence-electron chi connectivity index (χ1n) is 9.01. The number of hydrogen-bond acceptors (Lipinski definition) is 6. The van der Waals surface area contributed by atoms with Crippen molar-refractivity contribution in [3.05, 3.63) is 87.0 Å². The molecule has 3 aromatic rings. The Balaban J connectivity index is 1.57. The van der Waals surface area contributed by atoms with Crippen LogP contribution in [0.3, 0.4) is 0 Å². The zero-order chi connectivity index (χ0) is 22.9. The number of benzene rings is 2. The molecule has 2 aromatic carbocycles. The summed E-state index contributed by atoms with van der Waals surface area (Å²) in [6, 6.07) is 13.6. The summed E-state index contributed by atoms with van der Waals surface area (Å²) in [5.41, 5.74) is -0.634. The number of amidine groups is 1. The van der Waals surface area contributed by atoms with Crippen LogP contribution in [-0.2, 0) is 11.0 Å². The van der Waals surface area contributed by atoms with Crippen LogP contribution in [-0.4, -0.2) is 16.0 Å². The van der Waals surface area contributed by atoms with Gasteiger partial charge < -0.3 is 9.73 Å². The second-order valence-electron chi connectivity index (χ2n) is 6.51. The molecular weight excluding hydrogens is 447 g/mol. The number of nitro groups is 1. The number of nitro benzene ring substituents is 1. The van der Waals surface area contributed by atoms with Crippen molar-refractivity contribution in [1.82, 2.24) is 5.32 Å². The number of halogens is 3. The Morgan fingerprint density at radius 1 is 1.09 bits per heavy atom. The molecule has 7 nitrogen and oxygen atoms in total. The van der Waals surface area contributed by atoms with Gasteiger partial charge in [0.15, 0.2) is 5.17 Å². The van der Waals surface area contributed by atoms with E-state index < -0.39 is 22.6 Å². The third-order valence-corrected chi connectivity index (χ3v) is 5.23. The fourth-order valence-corrected chi connectivity index (χ4v) is 3.72. The average Bonchev–Trinajstić information content (AvgIpc) is 3.34. The van der Waals surface area contributed by atoms with Crippen molar-refractivity contribution in [3.63, 3.8) is 0 Å². The van der Waals surface area contributed by atoms with Crippen LogP contribution in [0.1, 0.15) is 11.3 Å². The number of aliphatic imine (C=N–C) groups is 1.